The Morgan fingerprint density at radius 3 is 1.11 bits per heavy atom. The molecule has 0 saturated carbocycles. The van der Waals surface area contributed by atoms with Gasteiger partial charge in [-0.3, -0.25) is 0 Å². The van der Waals surface area contributed by atoms with Crippen molar-refractivity contribution in [2.24, 2.45) is 5.41 Å². The minimum Gasteiger partial charge on any atom is -0.471 e. The summed E-state index contributed by atoms with van der Waals surface area (Å²) in [6.45, 7) is 0. The van der Waals surface area contributed by atoms with Crippen molar-refractivity contribution < 1.29 is 62.2 Å². The summed E-state index contributed by atoms with van der Waals surface area (Å²) >= 11 is 0. The van der Waals surface area contributed by atoms with Crippen molar-refractivity contribution in [1.29, 1.82) is 0 Å². The lowest BCUT2D eigenvalue weighted by molar-refractivity contribution is -0.309. The average Bonchev–Trinajstić information content (AvgIpc) is 2.91. The van der Waals surface area contributed by atoms with Gasteiger partial charge in [0.15, 0.2) is 0 Å². The fourth-order valence-corrected chi connectivity index (χ4v) is 5.01. The van der Waals surface area contributed by atoms with Crippen molar-refractivity contribution in [3.05, 3.63) is 96.1 Å². The van der Waals surface area contributed by atoms with Crippen molar-refractivity contribution >= 4 is 11.4 Å². The molecule has 244 valence electrons. The first kappa shape index (κ1) is 33.6. The number of rotatable bonds is 6. The summed E-state index contributed by atoms with van der Waals surface area (Å²) in [4.78, 5) is 0. The van der Waals surface area contributed by atoms with Gasteiger partial charge in [0.05, 0.1) is 11.4 Å². The highest BCUT2D eigenvalue weighted by atomic mass is 19.4. The minimum absolute atomic E-state index is 0.00456. The molecular weight excluding hydrogens is 636 g/mol. The van der Waals surface area contributed by atoms with Crippen LogP contribution >= 0.6 is 0 Å². The van der Waals surface area contributed by atoms with E-state index in [1.807, 2.05) is 0 Å². The number of allylic oxidation sites excluding steroid dienone is 4. The van der Waals surface area contributed by atoms with E-state index >= 15 is 0 Å². The SMILES string of the molecule is Nc1ccccc1OC1(C(F)(F)F)C=CC(C(C2=CCC(Oc3ccccc3N)(C(F)(F)F)C=C2)(C(F)(F)F)C(F)(F)F)=CC1. The number of ether oxygens (including phenoxy) is 2. The van der Waals surface area contributed by atoms with Crippen molar-refractivity contribution in [2.45, 2.75) is 48.7 Å². The summed E-state index contributed by atoms with van der Waals surface area (Å²) in [7, 11) is 0. The number of alkyl halides is 12. The molecule has 0 aliphatic heterocycles. The second-order valence-corrected chi connectivity index (χ2v) is 10.2. The lowest BCUT2D eigenvalue weighted by Gasteiger charge is -2.44. The van der Waals surface area contributed by atoms with E-state index < -0.39 is 76.8 Å². The molecule has 4 rings (SSSR count). The smallest absolute Gasteiger partial charge is 0.432 e. The van der Waals surface area contributed by atoms with Crippen LogP contribution in [0.15, 0.2) is 96.1 Å². The maximum Gasteiger partial charge on any atom is 0.432 e. The standard InChI is InChI=1S/C29H22F12N2O2/c30-26(31,32)23(44-21-7-3-1-5-19(21)42)13-9-17(10-14-23)25(28(36,37)38,29(39,40)41)18-11-15-24(16-12-18,27(33,34)35)45-22-8-4-2-6-20(22)43/h1-13,15H,14,16,42-43H2. The number of nitrogen functional groups attached to an aromatic ring is 2. The van der Waals surface area contributed by atoms with Crippen molar-refractivity contribution in [1.82, 2.24) is 0 Å². The zero-order chi connectivity index (χ0) is 33.7. The number of hydrogen-bond donors (Lipinski definition) is 2. The molecule has 0 bridgehead atoms. The zero-order valence-electron chi connectivity index (χ0n) is 22.5. The number of nitrogens with two attached hydrogens (primary N) is 2. The average molecular weight is 658 g/mol. The van der Waals surface area contributed by atoms with Gasteiger partial charge in [0.25, 0.3) is 0 Å². The van der Waals surface area contributed by atoms with Gasteiger partial charge in [0, 0.05) is 12.8 Å². The van der Waals surface area contributed by atoms with Crippen molar-refractivity contribution in [2.75, 3.05) is 11.5 Å². The Balaban J connectivity index is 1.82. The lowest BCUT2D eigenvalue weighted by Crippen LogP contribution is -2.55. The first-order valence-electron chi connectivity index (χ1n) is 12.7. The second-order valence-electron chi connectivity index (χ2n) is 10.2. The molecular formula is C29H22F12N2O2. The van der Waals surface area contributed by atoms with Crippen LogP contribution in [-0.4, -0.2) is 35.9 Å². The van der Waals surface area contributed by atoms with E-state index in [9.17, 15) is 52.7 Å². The van der Waals surface area contributed by atoms with E-state index in [4.69, 9.17) is 20.9 Å². The minimum atomic E-state index is -6.30. The number of benzene rings is 2. The summed E-state index contributed by atoms with van der Waals surface area (Å²) in [5.74, 6) is -1.09. The molecule has 4 N–H and O–H groups in total. The third-order valence-electron chi connectivity index (χ3n) is 7.41. The topological polar surface area (TPSA) is 70.5 Å². The molecule has 0 radical (unpaired) electrons. The molecule has 0 amide bonds. The third kappa shape index (κ3) is 5.70. The highest BCUT2D eigenvalue weighted by Crippen LogP contribution is 2.62. The first-order chi connectivity index (χ1) is 20.6. The largest absolute Gasteiger partial charge is 0.471 e. The molecule has 2 aliphatic carbocycles. The van der Waals surface area contributed by atoms with Gasteiger partial charge in [-0.05, 0) is 47.6 Å². The van der Waals surface area contributed by atoms with Gasteiger partial charge in [-0.15, -0.1) is 0 Å². The second kappa shape index (κ2) is 11.0. The summed E-state index contributed by atoms with van der Waals surface area (Å²) in [6, 6.07) is 9.51. The molecule has 0 spiro atoms. The Morgan fingerprint density at radius 1 is 0.533 bits per heavy atom. The maximum atomic E-state index is 14.7. The van der Waals surface area contributed by atoms with Gasteiger partial charge in [0.1, 0.15) is 11.5 Å². The Bertz CT molecular complexity index is 1430. The molecule has 4 nitrogen and oxygen atoms in total. The molecule has 2 unspecified atom stereocenters. The van der Waals surface area contributed by atoms with E-state index in [-0.39, 0.29) is 47.8 Å². The van der Waals surface area contributed by atoms with Crippen molar-refractivity contribution in [3.63, 3.8) is 0 Å². The number of halogens is 12. The molecule has 2 atom stereocenters. The molecule has 45 heavy (non-hydrogen) atoms. The van der Waals surface area contributed by atoms with E-state index in [0.717, 1.165) is 24.3 Å². The molecule has 2 aromatic rings. The van der Waals surface area contributed by atoms with Gasteiger partial charge >= 0.3 is 24.7 Å². The van der Waals surface area contributed by atoms with E-state index in [2.05, 4.69) is 0 Å². The first-order valence-corrected chi connectivity index (χ1v) is 12.7. The summed E-state index contributed by atoms with van der Waals surface area (Å²) in [5, 5.41) is 0. The Labute approximate surface area is 247 Å². The van der Waals surface area contributed by atoms with Gasteiger partial charge in [-0.2, -0.15) is 52.7 Å². The predicted molar refractivity (Wildman–Crippen MR) is 139 cm³/mol. The number of anilines is 2. The highest BCUT2D eigenvalue weighted by molar-refractivity contribution is 5.55. The molecule has 2 aromatic carbocycles. The van der Waals surface area contributed by atoms with Crippen LogP contribution in [0.25, 0.3) is 0 Å². The summed E-state index contributed by atoms with van der Waals surface area (Å²) < 4.78 is 183. The highest BCUT2D eigenvalue weighted by Gasteiger charge is 2.74. The molecule has 0 saturated heterocycles. The van der Waals surface area contributed by atoms with Crippen LogP contribution in [0.1, 0.15) is 12.8 Å². The predicted octanol–water partition coefficient (Wildman–Crippen LogP) is 8.79. The van der Waals surface area contributed by atoms with Crippen molar-refractivity contribution in [3.8, 4) is 11.5 Å². The molecule has 0 fully saturated rings. The van der Waals surface area contributed by atoms with E-state index in [1.165, 1.54) is 24.3 Å². The van der Waals surface area contributed by atoms with Crippen LogP contribution in [-0.2, 0) is 0 Å². The van der Waals surface area contributed by atoms with Crippen LogP contribution < -0.4 is 20.9 Å². The Kier molecular flexibility index (Phi) is 8.21. The van der Waals surface area contributed by atoms with Crippen LogP contribution in [0.3, 0.4) is 0 Å². The normalized spacial score (nSPS) is 22.9. The van der Waals surface area contributed by atoms with Crippen LogP contribution in [0.5, 0.6) is 11.5 Å². The van der Waals surface area contributed by atoms with Gasteiger partial charge in [-0.25, -0.2) is 0 Å². The fraction of sp³-hybridized carbons (Fsp3) is 0.310. The zero-order valence-corrected chi connectivity index (χ0v) is 22.5. The molecule has 16 heteroatoms. The van der Waals surface area contributed by atoms with Crippen LogP contribution in [0.2, 0.25) is 0 Å². The van der Waals surface area contributed by atoms with Gasteiger partial charge < -0.3 is 20.9 Å². The summed E-state index contributed by atoms with van der Waals surface area (Å²) in [6.07, 6.45) is -26.5. The van der Waals surface area contributed by atoms with Gasteiger partial charge in [-0.1, -0.05) is 48.6 Å². The monoisotopic (exact) mass is 658 g/mol. The van der Waals surface area contributed by atoms with E-state index in [1.54, 1.807) is 0 Å². The number of hydrogen-bond acceptors (Lipinski definition) is 4. The number of para-hydroxylation sites is 4. The molecule has 0 heterocycles. The van der Waals surface area contributed by atoms with Crippen LogP contribution in [0.4, 0.5) is 64.1 Å². The quantitative estimate of drug-likeness (QED) is 0.241. The summed E-state index contributed by atoms with van der Waals surface area (Å²) in [5.41, 5.74) is -4.69. The Morgan fingerprint density at radius 2 is 0.867 bits per heavy atom. The maximum absolute atomic E-state index is 14.7. The Hall–Kier alpha value is -4.24. The molecule has 0 aromatic heterocycles. The fourth-order valence-electron chi connectivity index (χ4n) is 5.01. The van der Waals surface area contributed by atoms with Gasteiger partial charge in [0.2, 0.25) is 16.6 Å². The van der Waals surface area contributed by atoms with Crippen LogP contribution in [0, 0.1) is 5.41 Å². The third-order valence-corrected chi connectivity index (χ3v) is 7.41. The molecule has 2 aliphatic rings. The van der Waals surface area contributed by atoms with E-state index in [0.29, 0.717) is 0 Å². The lowest BCUT2D eigenvalue weighted by atomic mass is 9.67.